The maximum absolute atomic E-state index is 13.2. The van der Waals surface area contributed by atoms with Crippen molar-refractivity contribution in [1.29, 1.82) is 0 Å². The number of hydrogen-bond acceptors (Lipinski definition) is 9. The van der Waals surface area contributed by atoms with Crippen LogP contribution in [0.1, 0.15) is 165 Å². The van der Waals surface area contributed by atoms with E-state index in [1.54, 1.807) is 19.2 Å². The minimum Gasteiger partial charge on any atom is -0.461 e. The van der Waals surface area contributed by atoms with Crippen molar-refractivity contribution in [2.45, 2.75) is 167 Å². The molecular formula is C45H75N6O6. The van der Waals surface area contributed by atoms with Crippen LogP contribution in [0.2, 0.25) is 0 Å². The summed E-state index contributed by atoms with van der Waals surface area (Å²) < 4.78 is 24.6. The van der Waals surface area contributed by atoms with Gasteiger partial charge in [-0.25, -0.2) is 4.79 Å². The van der Waals surface area contributed by atoms with E-state index in [-0.39, 0.29) is 48.8 Å². The lowest BCUT2D eigenvalue weighted by atomic mass is 10.1. The summed E-state index contributed by atoms with van der Waals surface area (Å²) in [6.45, 7) is 11.5. The Kier molecular flexibility index (Phi) is 24.9. The fourth-order valence-corrected chi connectivity index (χ4v) is 6.96. The number of H-pyrrole nitrogens is 1. The van der Waals surface area contributed by atoms with Gasteiger partial charge < -0.3 is 35.0 Å². The summed E-state index contributed by atoms with van der Waals surface area (Å²) in [7, 11) is 1.57. The topological polar surface area (TPSA) is 156 Å². The van der Waals surface area contributed by atoms with E-state index in [4.69, 9.17) is 24.7 Å². The van der Waals surface area contributed by atoms with Crippen molar-refractivity contribution in [3.05, 3.63) is 52.8 Å². The van der Waals surface area contributed by atoms with Crippen LogP contribution in [0.25, 0.3) is 11.2 Å². The number of hydrogen-bond donors (Lipinski definition) is 3. The number of nitrogens with one attached hydrogen (secondary N) is 2. The smallest absolute Gasteiger partial charge is 0.328 e. The van der Waals surface area contributed by atoms with Gasteiger partial charge in [-0.15, -0.1) is 0 Å². The van der Waals surface area contributed by atoms with E-state index in [0.29, 0.717) is 49.5 Å². The average molecular weight is 796 g/mol. The molecule has 4 N–H and O–H groups in total. The number of nitrogen functional groups attached to an aromatic ring is 1. The molecule has 2 aromatic heterocycles. The molecule has 0 spiro atoms. The van der Waals surface area contributed by atoms with Crippen molar-refractivity contribution in [3.8, 4) is 6.01 Å². The van der Waals surface area contributed by atoms with E-state index in [2.05, 4.69) is 41.0 Å². The number of aromatic amines is 1. The van der Waals surface area contributed by atoms with Gasteiger partial charge in [0.05, 0.1) is 25.4 Å². The predicted molar refractivity (Wildman–Crippen MR) is 231 cm³/mol. The summed E-state index contributed by atoms with van der Waals surface area (Å²) in [5.41, 5.74) is 7.72. The SMILES string of the molecule is [CH2]C(OCCCCCCCCCCCC)C(CCNC(=O)c1ccc(Cn2c(=O)[nH]c3c(N)nc(OCCOC)nc32)cc1)OCCCCCCCCCCCC. The van der Waals surface area contributed by atoms with Crippen LogP contribution in [0.4, 0.5) is 5.82 Å². The maximum atomic E-state index is 13.2. The number of methoxy groups -OCH3 is 1. The molecule has 0 saturated heterocycles. The number of ether oxygens (including phenoxy) is 4. The third kappa shape index (κ3) is 19.2. The molecular weight excluding hydrogens is 721 g/mol. The highest BCUT2D eigenvalue weighted by Gasteiger charge is 2.20. The molecule has 0 bridgehead atoms. The number of rotatable bonds is 35. The molecule has 0 saturated carbocycles. The van der Waals surface area contributed by atoms with Gasteiger partial charge in [0, 0.05) is 32.4 Å². The van der Waals surface area contributed by atoms with Crippen LogP contribution in [0.3, 0.4) is 0 Å². The van der Waals surface area contributed by atoms with Crippen LogP contribution < -0.4 is 21.5 Å². The molecule has 12 heteroatoms. The van der Waals surface area contributed by atoms with Crippen LogP contribution in [0.15, 0.2) is 29.1 Å². The molecule has 2 atom stereocenters. The fourth-order valence-electron chi connectivity index (χ4n) is 6.96. The van der Waals surface area contributed by atoms with Gasteiger partial charge in [-0.2, -0.15) is 9.97 Å². The van der Waals surface area contributed by atoms with Crippen molar-refractivity contribution >= 4 is 22.9 Å². The molecule has 3 aromatic rings. The number of benzene rings is 1. The van der Waals surface area contributed by atoms with Gasteiger partial charge in [0.2, 0.25) is 0 Å². The first-order valence-corrected chi connectivity index (χ1v) is 22.2. The highest BCUT2D eigenvalue weighted by Crippen LogP contribution is 2.19. The molecule has 0 aliphatic rings. The molecule has 321 valence electrons. The average Bonchev–Trinajstić information content (AvgIpc) is 3.52. The van der Waals surface area contributed by atoms with E-state index in [1.165, 1.54) is 114 Å². The second kappa shape index (κ2) is 29.7. The van der Waals surface area contributed by atoms with Crippen molar-refractivity contribution in [2.24, 2.45) is 0 Å². The predicted octanol–water partition coefficient (Wildman–Crippen LogP) is 9.34. The number of imidazole rings is 1. The van der Waals surface area contributed by atoms with Crippen molar-refractivity contribution < 1.29 is 23.7 Å². The third-order valence-electron chi connectivity index (χ3n) is 10.5. The quantitative estimate of drug-likeness (QED) is 0.0494. The van der Waals surface area contributed by atoms with Crippen LogP contribution in [-0.2, 0) is 20.8 Å². The van der Waals surface area contributed by atoms with E-state index >= 15 is 0 Å². The van der Waals surface area contributed by atoms with Gasteiger partial charge in [-0.05, 0) is 43.9 Å². The number of carbonyl (C=O) groups is 1. The number of unbranched alkanes of at least 4 members (excludes halogenated alkanes) is 18. The molecule has 12 nitrogen and oxygen atoms in total. The largest absolute Gasteiger partial charge is 0.461 e. The highest BCUT2D eigenvalue weighted by atomic mass is 16.5. The number of amides is 1. The molecule has 0 fully saturated rings. The zero-order valence-corrected chi connectivity index (χ0v) is 35.6. The first kappa shape index (κ1) is 47.9. The Balaban J connectivity index is 1.46. The zero-order valence-electron chi connectivity index (χ0n) is 35.6. The molecule has 0 aliphatic carbocycles. The first-order chi connectivity index (χ1) is 27.9. The Morgan fingerprint density at radius 2 is 1.32 bits per heavy atom. The molecule has 57 heavy (non-hydrogen) atoms. The van der Waals surface area contributed by atoms with Gasteiger partial charge in [0.15, 0.2) is 11.5 Å². The first-order valence-electron chi connectivity index (χ1n) is 22.2. The van der Waals surface area contributed by atoms with Crippen LogP contribution >= 0.6 is 0 Å². The zero-order chi connectivity index (χ0) is 40.9. The Hall–Kier alpha value is -3.48. The van der Waals surface area contributed by atoms with Gasteiger partial charge in [0.25, 0.3) is 5.91 Å². The summed E-state index contributed by atoms with van der Waals surface area (Å²) >= 11 is 0. The molecule has 1 amide bonds. The Morgan fingerprint density at radius 1 is 0.772 bits per heavy atom. The van der Waals surface area contributed by atoms with Crippen molar-refractivity contribution in [2.75, 3.05) is 45.8 Å². The van der Waals surface area contributed by atoms with E-state index in [1.807, 2.05) is 12.1 Å². The van der Waals surface area contributed by atoms with Gasteiger partial charge in [0.1, 0.15) is 12.1 Å². The normalized spacial score (nSPS) is 12.6. The molecule has 2 heterocycles. The minimum atomic E-state index is -0.372. The lowest BCUT2D eigenvalue weighted by Crippen LogP contribution is -2.35. The van der Waals surface area contributed by atoms with Gasteiger partial charge in [-0.1, -0.05) is 142 Å². The minimum absolute atomic E-state index is 0.0640. The summed E-state index contributed by atoms with van der Waals surface area (Å²) in [6.07, 6.45) is 25.7. The number of fused-ring (bicyclic) bond motifs is 1. The summed E-state index contributed by atoms with van der Waals surface area (Å²) in [4.78, 5) is 37.3. The van der Waals surface area contributed by atoms with Gasteiger partial charge >= 0.3 is 11.7 Å². The van der Waals surface area contributed by atoms with Crippen molar-refractivity contribution in [1.82, 2.24) is 24.8 Å². The molecule has 2 unspecified atom stereocenters. The lowest BCUT2D eigenvalue weighted by Gasteiger charge is -2.25. The number of aromatic nitrogens is 4. The Bertz CT molecular complexity index is 1540. The van der Waals surface area contributed by atoms with Crippen molar-refractivity contribution in [3.63, 3.8) is 0 Å². The maximum Gasteiger partial charge on any atom is 0.328 e. The van der Waals surface area contributed by atoms with E-state index in [0.717, 1.165) is 24.8 Å². The fraction of sp³-hybridized carbons (Fsp3) is 0.711. The number of carbonyl (C=O) groups excluding carboxylic acids is 1. The molecule has 1 radical (unpaired) electrons. The van der Waals surface area contributed by atoms with Crippen LogP contribution in [-0.4, -0.2) is 77.7 Å². The van der Waals surface area contributed by atoms with E-state index in [9.17, 15) is 9.59 Å². The summed E-state index contributed by atoms with van der Waals surface area (Å²) in [5.74, 6) is -0.0583. The van der Waals surface area contributed by atoms with Gasteiger partial charge in [-0.3, -0.25) is 9.36 Å². The Morgan fingerprint density at radius 3 is 1.88 bits per heavy atom. The van der Waals surface area contributed by atoms with E-state index < -0.39 is 0 Å². The second-order valence-electron chi connectivity index (χ2n) is 15.4. The number of nitrogens with zero attached hydrogens (tertiary/aromatic N) is 3. The molecule has 0 aliphatic heterocycles. The standard InChI is InChI=1S/C45H75N6O6/c1-5-7-9-11-13-15-17-19-21-23-31-55-36(3)39(56-32-24-22-20-18-16-14-12-10-8-6-2)29-30-47-43(52)38-27-25-37(26-28-38)35-51-42-40(48-45(51)53)41(46)49-44(50-42)57-34-33-54-4/h25-28,36,39H,3,5-24,29-35H2,1-2,4H3,(H,47,52)(H,48,53)(H2,46,49,50). The number of anilines is 1. The summed E-state index contributed by atoms with van der Waals surface area (Å²) in [6, 6.07) is 7.23. The molecule has 3 rings (SSSR count). The summed E-state index contributed by atoms with van der Waals surface area (Å²) in [5, 5.41) is 3.05. The molecule has 1 aromatic carbocycles. The second-order valence-corrected chi connectivity index (χ2v) is 15.4. The monoisotopic (exact) mass is 796 g/mol. The number of nitrogens with two attached hydrogens (primary N) is 1. The Labute approximate surface area is 342 Å². The third-order valence-corrected chi connectivity index (χ3v) is 10.5. The van der Waals surface area contributed by atoms with Crippen LogP contribution in [0, 0.1) is 6.92 Å². The highest BCUT2D eigenvalue weighted by molar-refractivity contribution is 5.94. The van der Waals surface area contributed by atoms with Crippen LogP contribution in [0.5, 0.6) is 6.01 Å². The lowest BCUT2D eigenvalue weighted by molar-refractivity contribution is -0.0577.